The smallest absolute Gasteiger partial charge is 0.337 e. The fourth-order valence-corrected chi connectivity index (χ4v) is 3.51. The Kier molecular flexibility index (Phi) is 4.18. The molecule has 2 aromatic heterocycles. The molecule has 1 atom stereocenters. The number of fused-ring (bicyclic) bond motifs is 1. The third-order valence-electron chi connectivity index (χ3n) is 4.91. The van der Waals surface area contributed by atoms with Gasteiger partial charge in [0.05, 0.1) is 23.7 Å². The second-order valence-corrected chi connectivity index (χ2v) is 6.72. The first-order valence-corrected chi connectivity index (χ1v) is 8.52. The van der Waals surface area contributed by atoms with E-state index in [9.17, 15) is 13.2 Å². The number of imidazole rings is 1. The van der Waals surface area contributed by atoms with E-state index >= 15 is 0 Å². The van der Waals surface area contributed by atoms with Crippen LogP contribution in [0.1, 0.15) is 30.3 Å². The summed E-state index contributed by atoms with van der Waals surface area (Å²) >= 11 is 0. The predicted molar refractivity (Wildman–Crippen MR) is 89.3 cm³/mol. The van der Waals surface area contributed by atoms with Crippen LogP contribution in [-0.4, -0.2) is 42.5 Å². The monoisotopic (exact) mass is 364 g/mol. The van der Waals surface area contributed by atoms with Crippen molar-refractivity contribution in [1.29, 1.82) is 0 Å². The number of aryl methyl sites for hydroxylation is 1. The van der Waals surface area contributed by atoms with Gasteiger partial charge in [-0.25, -0.2) is 9.67 Å². The molecule has 1 saturated heterocycles. The molecule has 1 unspecified atom stereocenters. The Balaban J connectivity index is 1.56. The third kappa shape index (κ3) is 3.18. The number of aromatic nitrogens is 5. The standard InChI is InChI=1S/C17H19F3N6/c1-24-8-6-21-16(24)11-25-7-2-3-13(10-25)26-15-5-4-12(17(18,19)20)9-14(15)22-23-26/h4-6,8-9,13H,2-3,7,10-11H2,1H3. The molecule has 3 heterocycles. The fourth-order valence-electron chi connectivity index (χ4n) is 3.51. The summed E-state index contributed by atoms with van der Waals surface area (Å²) in [5.41, 5.74) is 0.222. The van der Waals surface area contributed by atoms with Crippen LogP contribution in [0.15, 0.2) is 30.6 Å². The van der Waals surface area contributed by atoms with Gasteiger partial charge in [0.25, 0.3) is 0 Å². The number of piperidine rings is 1. The minimum Gasteiger partial charge on any atom is -0.337 e. The third-order valence-corrected chi connectivity index (χ3v) is 4.91. The molecule has 1 aliphatic heterocycles. The Morgan fingerprint density at radius 3 is 2.85 bits per heavy atom. The number of halogens is 3. The highest BCUT2D eigenvalue weighted by Crippen LogP contribution is 2.32. The number of hydrogen-bond acceptors (Lipinski definition) is 4. The van der Waals surface area contributed by atoms with Crippen LogP contribution in [0, 0.1) is 0 Å². The SMILES string of the molecule is Cn1ccnc1CN1CCCC(n2nnc3cc(C(F)(F)F)ccc32)C1. The first kappa shape index (κ1) is 17.0. The Labute approximate surface area is 148 Å². The van der Waals surface area contributed by atoms with Gasteiger partial charge in [-0.3, -0.25) is 4.90 Å². The molecule has 0 amide bonds. The predicted octanol–water partition coefficient (Wildman–Crippen LogP) is 3.02. The summed E-state index contributed by atoms with van der Waals surface area (Å²) in [6.45, 7) is 2.48. The van der Waals surface area contributed by atoms with E-state index in [0.29, 0.717) is 5.52 Å². The van der Waals surface area contributed by atoms with Crippen molar-refractivity contribution in [3.05, 3.63) is 42.0 Å². The molecule has 0 N–H and O–H groups in total. The molecule has 6 nitrogen and oxygen atoms in total. The first-order chi connectivity index (χ1) is 12.4. The average Bonchev–Trinajstić information content (AvgIpc) is 3.20. The molecule has 9 heteroatoms. The summed E-state index contributed by atoms with van der Waals surface area (Å²) in [6, 6.07) is 3.71. The summed E-state index contributed by atoms with van der Waals surface area (Å²) < 4.78 is 42.4. The maximum Gasteiger partial charge on any atom is 0.416 e. The van der Waals surface area contributed by atoms with Crippen LogP contribution >= 0.6 is 0 Å². The molecule has 138 valence electrons. The van der Waals surface area contributed by atoms with E-state index in [0.717, 1.165) is 50.4 Å². The molecule has 0 aliphatic carbocycles. The maximum absolute atomic E-state index is 12.9. The molecule has 0 saturated carbocycles. The van der Waals surface area contributed by atoms with Crippen molar-refractivity contribution in [2.75, 3.05) is 13.1 Å². The number of hydrogen-bond donors (Lipinski definition) is 0. The van der Waals surface area contributed by atoms with Gasteiger partial charge in [0.15, 0.2) is 0 Å². The lowest BCUT2D eigenvalue weighted by Crippen LogP contribution is -2.37. The lowest BCUT2D eigenvalue weighted by Gasteiger charge is -2.32. The van der Waals surface area contributed by atoms with Crippen molar-refractivity contribution in [2.45, 2.75) is 31.6 Å². The Morgan fingerprint density at radius 1 is 1.27 bits per heavy atom. The Hall–Kier alpha value is -2.42. The van der Waals surface area contributed by atoms with Crippen molar-refractivity contribution >= 4 is 11.0 Å². The van der Waals surface area contributed by atoms with E-state index in [1.165, 1.54) is 6.07 Å². The molecular weight excluding hydrogens is 345 g/mol. The van der Waals surface area contributed by atoms with E-state index in [4.69, 9.17) is 0 Å². The number of likely N-dealkylation sites (tertiary alicyclic amines) is 1. The average molecular weight is 364 g/mol. The van der Waals surface area contributed by atoms with Gasteiger partial charge >= 0.3 is 6.18 Å². The van der Waals surface area contributed by atoms with E-state index in [2.05, 4.69) is 20.2 Å². The van der Waals surface area contributed by atoms with E-state index < -0.39 is 11.7 Å². The summed E-state index contributed by atoms with van der Waals surface area (Å²) in [7, 11) is 1.97. The van der Waals surface area contributed by atoms with Crippen molar-refractivity contribution in [1.82, 2.24) is 29.4 Å². The van der Waals surface area contributed by atoms with Gasteiger partial charge < -0.3 is 4.57 Å². The molecule has 1 fully saturated rings. The molecule has 0 bridgehead atoms. The molecule has 0 radical (unpaired) electrons. The molecule has 0 spiro atoms. The second-order valence-electron chi connectivity index (χ2n) is 6.72. The van der Waals surface area contributed by atoms with Gasteiger partial charge in [0.1, 0.15) is 11.3 Å². The van der Waals surface area contributed by atoms with Crippen molar-refractivity contribution in [2.24, 2.45) is 7.05 Å². The lowest BCUT2D eigenvalue weighted by molar-refractivity contribution is -0.137. The summed E-state index contributed by atoms with van der Waals surface area (Å²) in [5, 5.41) is 8.10. The zero-order valence-corrected chi connectivity index (χ0v) is 14.3. The van der Waals surface area contributed by atoms with E-state index in [-0.39, 0.29) is 11.6 Å². The normalized spacial score (nSPS) is 19.3. The molecule has 4 rings (SSSR count). The topological polar surface area (TPSA) is 51.8 Å². The van der Waals surface area contributed by atoms with Gasteiger partial charge in [0.2, 0.25) is 0 Å². The number of rotatable bonds is 3. The molecule has 3 aromatic rings. The van der Waals surface area contributed by atoms with Crippen LogP contribution in [0.3, 0.4) is 0 Å². The van der Waals surface area contributed by atoms with Crippen LogP contribution in [0.25, 0.3) is 11.0 Å². The van der Waals surface area contributed by atoms with E-state index in [1.54, 1.807) is 10.9 Å². The molecular formula is C17H19F3N6. The lowest BCUT2D eigenvalue weighted by atomic mass is 10.1. The minimum atomic E-state index is -4.37. The van der Waals surface area contributed by atoms with Gasteiger partial charge in [-0.1, -0.05) is 5.21 Å². The maximum atomic E-state index is 12.9. The molecule has 26 heavy (non-hydrogen) atoms. The quantitative estimate of drug-likeness (QED) is 0.717. The highest BCUT2D eigenvalue weighted by molar-refractivity contribution is 5.75. The highest BCUT2D eigenvalue weighted by Gasteiger charge is 2.31. The zero-order valence-electron chi connectivity index (χ0n) is 14.3. The summed E-state index contributed by atoms with van der Waals surface area (Å²) in [6.07, 6.45) is 1.25. The van der Waals surface area contributed by atoms with E-state index in [1.807, 2.05) is 17.8 Å². The molecule has 1 aliphatic rings. The van der Waals surface area contributed by atoms with Crippen LogP contribution in [0.5, 0.6) is 0 Å². The van der Waals surface area contributed by atoms with Gasteiger partial charge in [-0.2, -0.15) is 13.2 Å². The fraction of sp³-hybridized carbons (Fsp3) is 0.471. The van der Waals surface area contributed by atoms with Crippen LogP contribution in [0.2, 0.25) is 0 Å². The Bertz CT molecular complexity index is 913. The van der Waals surface area contributed by atoms with Crippen LogP contribution in [0.4, 0.5) is 13.2 Å². The van der Waals surface area contributed by atoms with Crippen LogP contribution < -0.4 is 0 Å². The van der Waals surface area contributed by atoms with Crippen molar-refractivity contribution in [3.8, 4) is 0 Å². The van der Waals surface area contributed by atoms with Gasteiger partial charge in [0, 0.05) is 26.0 Å². The number of benzene rings is 1. The largest absolute Gasteiger partial charge is 0.416 e. The van der Waals surface area contributed by atoms with Crippen molar-refractivity contribution in [3.63, 3.8) is 0 Å². The zero-order chi connectivity index (χ0) is 18.3. The Morgan fingerprint density at radius 2 is 2.12 bits per heavy atom. The highest BCUT2D eigenvalue weighted by atomic mass is 19.4. The van der Waals surface area contributed by atoms with Gasteiger partial charge in [-0.05, 0) is 37.6 Å². The summed E-state index contributed by atoms with van der Waals surface area (Å²) in [5.74, 6) is 0.990. The van der Waals surface area contributed by atoms with Crippen LogP contribution in [-0.2, 0) is 19.8 Å². The number of nitrogens with zero attached hydrogens (tertiary/aromatic N) is 6. The van der Waals surface area contributed by atoms with Gasteiger partial charge in [-0.15, -0.1) is 5.10 Å². The molecule has 1 aromatic carbocycles. The minimum absolute atomic E-state index is 0.0887. The second kappa shape index (κ2) is 6.39. The summed E-state index contributed by atoms with van der Waals surface area (Å²) in [4.78, 5) is 6.66. The first-order valence-electron chi connectivity index (χ1n) is 8.52. The van der Waals surface area contributed by atoms with Crippen molar-refractivity contribution < 1.29 is 13.2 Å². The number of alkyl halides is 3.